The number of quaternary nitrogens is 2. The van der Waals surface area contributed by atoms with Crippen molar-refractivity contribution in [2.45, 2.75) is 19.8 Å². The molecule has 6 nitrogen and oxygen atoms in total. The molecule has 2 aliphatic rings. The zero-order valence-electron chi connectivity index (χ0n) is 16.1. The van der Waals surface area contributed by atoms with E-state index in [-0.39, 0.29) is 17.6 Å². The zero-order valence-corrected chi connectivity index (χ0v) is 16.1. The van der Waals surface area contributed by atoms with Crippen molar-refractivity contribution in [2.24, 2.45) is 5.92 Å². The third-order valence-corrected chi connectivity index (χ3v) is 5.61. The first-order valence-electron chi connectivity index (χ1n) is 10.00. The van der Waals surface area contributed by atoms with Crippen LogP contribution in [0, 0.1) is 11.7 Å². The smallest absolute Gasteiger partial charge is 0.279 e. The maximum absolute atomic E-state index is 12.9. The largest absolute Gasteiger partial charge is 0.338 e. The summed E-state index contributed by atoms with van der Waals surface area (Å²) in [4.78, 5) is 29.3. The normalized spacial score (nSPS) is 25.9. The van der Waals surface area contributed by atoms with E-state index >= 15 is 0 Å². The number of nitrogens with one attached hydrogen (secondary N) is 3. The average molecular weight is 378 g/mol. The second-order valence-electron chi connectivity index (χ2n) is 8.00. The van der Waals surface area contributed by atoms with E-state index < -0.39 is 0 Å². The molecule has 2 aliphatic heterocycles. The van der Waals surface area contributed by atoms with Crippen LogP contribution >= 0.6 is 0 Å². The first-order chi connectivity index (χ1) is 13.0. The van der Waals surface area contributed by atoms with Crippen LogP contribution in [0.2, 0.25) is 0 Å². The number of anilines is 1. The van der Waals surface area contributed by atoms with Gasteiger partial charge in [0.1, 0.15) is 32.0 Å². The molecule has 2 saturated heterocycles. The molecule has 1 aromatic rings. The molecule has 3 rings (SSSR count). The van der Waals surface area contributed by atoms with Gasteiger partial charge in [0.15, 0.2) is 13.1 Å². The second-order valence-corrected chi connectivity index (χ2v) is 8.00. The van der Waals surface area contributed by atoms with Crippen LogP contribution in [0.15, 0.2) is 24.3 Å². The van der Waals surface area contributed by atoms with Gasteiger partial charge in [-0.3, -0.25) is 9.59 Å². The van der Waals surface area contributed by atoms with Gasteiger partial charge in [0.05, 0.1) is 0 Å². The summed E-state index contributed by atoms with van der Waals surface area (Å²) in [7, 11) is 0. The fourth-order valence-corrected chi connectivity index (χ4v) is 4.02. The molecule has 2 amide bonds. The van der Waals surface area contributed by atoms with Crippen molar-refractivity contribution in [3.05, 3.63) is 30.1 Å². The molecule has 0 aromatic heterocycles. The summed E-state index contributed by atoms with van der Waals surface area (Å²) >= 11 is 0. The highest BCUT2D eigenvalue weighted by atomic mass is 19.1. The van der Waals surface area contributed by atoms with Crippen molar-refractivity contribution in [1.29, 1.82) is 0 Å². The Balaban J connectivity index is 1.37. The first-order valence-corrected chi connectivity index (χ1v) is 10.00. The monoisotopic (exact) mass is 378 g/mol. The van der Waals surface area contributed by atoms with Crippen molar-refractivity contribution in [3.63, 3.8) is 0 Å². The Kier molecular flexibility index (Phi) is 6.79. The van der Waals surface area contributed by atoms with Crippen LogP contribution in [0.5, 0.6) is 0 Å². The average Bonchev–Trinajstić information content (AvgIpc) is 2.65. The lowest BCUT2D eigenvalue weighted by atomic mass is 10.0. The fraction of sp³-hybridized carbons (Fsp3) is 0.600. The lowest BCUT2D eigenvalue weighted by molar-refractivity contribution is -1.00. The minimum absolute atomic E-state index is 0.0570. The Labute approximate surface area is 160 Å². The van der Waals surface area contributed by atoms with Crippen molar-refractivity contribution in [3.8, 4) is 0 Å². The number of nitrogens with zero attached hydrogens (tertiary/aromatic N) is 1. The number of halogens is 1. The number of piperidine rings is 1. The summed E-state index contributed by atoms with van der Waals surface area (Å²) in [5, 5.41) is 2.81. The molecular weight excluding hydrogens is 347 g/mol. The van der Waals surface area contributed by atoms with Crippen molar-refractivity contribution >= 4 is 17.5 Å². The number of rotatable bonds is 5. The number of benzene rings is 1. The van der Waals surface area contributed by atoms with Crippen molar-refractivity contribution in [1.82, 2.24) is 4.90 Å². The molecular formula is C20H31FN4O2+2. The van der Waals surface area contributed by atoms with Gasteiger partial charge >= 0.3 is 0 Å². The molecule has 2 fully saturated rings. The Bertz CT molecular complexity index is 644. The molecule has 0 spiro atoms. The van der Waals surface area contributed by atoms with E-state index in [2.05, 4.69) is 12.2 Å². The fourth-order valence-electron chi connectivity index (χ4n) is 4.02. The highest BCUT2D eigenvalue weighted by molar-refractivity contribution is 5.91. The van der Waals surface area contributed by atoms with E-state index in [1.165, 1.54) is 28.4 Å². The Morgan fingerprint density at radius 2 is 1.74 bits per heavy atom. The molecule has 3 N–H and O–H groups in total. The molecule has 0 bridgehead atoms. The molecule has 2 heterocycles. The highest BCUT2D eigenvalue weighted by Crippen LogP contribution is 2.14. The molecule has 0 saturated carbocycles. The predicted molar refractivity (Wildman–Crippen MR) is 101 cm³/mol. The molecule has 0 unspecified atom stereocenters. The van der Waals surface area contributed by atoms with Gasteiger partial charge in [-0.2, -0.15) is 0 Å². The summed E-state index contributed by atoms with van der Waals surface area (Å²) in [6.45, 7) is 8.58. The number of carbonyl (C=O) groups is 2. The number of hydrogen-bond acceptors (Lipinski definition) is 2. The highest BCUT2D eigenvalue weighted by Gasteiger charge is 2.29. The Morgan fingerprint density at radius 3 is 2.37 bits per heavy atom. The van der Waals surface area contributed by atoms with E-state index in [4.69, 9.17) is 0 Å². The van der Waals surface area contributed by atoms with Crippen LogP contribution in [0.3, 0.4) is 0 Å². The molecule has 27 heavy (non-hydrogen) atoms. The van der Waals surface area contributed by atoms with Gasteiger partial charge in [0.2, 0.25) is 0 Å². The Hall–Kier alpha value is -1.99. The standard InChI is InChI=1S/C20H29FN4O2/c1-16-3-2-8-25(13-16)20(27)15-24-11-9-23(10-12-24)14-19(26)22-18-6-4-17(21)5-7-18/h4-7,16H,2-3,8-15H2,1H3,(H,22,26)/p+2/t16-/m1/s1. The predicted octanol–water partition coefficient (Wildman–Crippen LogP) is -1.19. The molecule has 0 radical (unpaired) electrons. The minimum Gasteiger partial charge on any atom is -0.338 e. The summed E-state index contributed by atoms with van der Waals surface area (Å²) in [6.07, 6.45) is 2.34. The summed E-state index contributed by atoms with van der Waals surface area (Å²) in [6, 6.07) is 5.81. The SMILES string of the molecule is C[C@@H]1CCCN(C(=O)C[NH+]2CC[NH+](CC(=O)Nc3ccc(F)cc3)CC2)C1. The lowest BCUT2D eigenvalue weighted by Crippen LogP contribution is -3.28. The summed E-state index contributed by atoms with van der Waals surface area (Å²) in [5.41, 5.74) is 0.617. The number of amides is 2. The number of carbonyl (C=O) groups excluding carboxylic acids is 2. The molecule has 1 atom stereocenters. The van der Waals surface area contributed by atoms with E-state index in [0.717, 1.165) is 45.7 Å². The minimum atomic E-state index is -0.314. The molecule has 0 aliphatic carbocycles. The van der Waals surface area contributed by atoms with Crippen molar-refractivity contribution < 1.29 is 23.8 Å². The van der Waals surface area contributed by atoms with Crippen LogP contribution in [-0.2, 0) is 9.59 Å². The number of piperazine rings is 1. The third kappa shape index (κ3) is 6.01. The number of likely N-dealkylation sites (tertiary alicyclic amines) is 1. The molecule has 1 aromatic carbocycles. The van der Waals surface area contributed by atoms with Crippen LogP contribution < -0.4 is 15.1 Å². The zero-order chi connectivity index (χ0) is 19.2. The quantitative estimate of drug-likeness (QED) is 0.603. The maximum Gasteiger partial charge on any atom is 0.279 e. The second kappa shape index (κ2) is 9.28. The lowest BCUT2D eigenvalue weighted by Gasteiger charge is -2.33. The maximum atomic E-state index is 12.9. The van der Waals surface area contributed by atoms with Gasteiger partial charge in [-0.05, 0) is 43.0 Å². The van der Waals surface area contributed by atoms with Crippen LogP contribution in [0.25, 0.3) is 0 Å². The van der Waals surface area contributed by atoms with E-state index in [1.54, 1.807) is 12.1 Å². The van der Waals surface area contributed by atoms with Crippen LogP contribution in [0.4, 0.5) is 10.1 Å². The van der Waals surface area contributed by atoms with Crippen LogP contribution in [-0.4, -0.2) is 69.1 Å². The summed E-state index contributed by atoms with van der Waals surface area (Å²) in [5.74, 6) is 0.511. The number of hydrogen-bond donors (Lipinski definition) is 3. The van der Waals surface area contributed by atoms with Gasteiger partial charge < -0.3 is 20.0 Å². The van der Waals surface area contributed by atoms with Gasteiger partial charge in [0, 0.05) is 18.8 Å². The summed E-state index contributed by atoms with van der Waals surface area (Å²) < 4.78 is 12.9. The molecule has 148 valence electrons. The van der Waals surface area contributed by atoms with Gasteiger partial charge in [-0.1, -0.05) is 6.92 Å². The van der Waals surface area contributed by atoms with E-state index in [9.17, 15) is 14.0 Å². The third-order valence-electron chi connectivity index (χ3n) is 5.61. The van der Waals surface area contributed by atoms with E-state index in [0.29, 0.717) is 24.7 Å². The van der Waals surface area contributed by atoms with E-state index in [1.807, 2.05) is 4.90 Å². The van der Waals surface area contributed by atoms with Gasteiger partial charge in [-0.25, -0.2) is 4.39 Å². The molecule has 7 heteroatoms. The van der Waals surface area contributed by atoms with Gasteiger partial charge in [0.25, 0.3) is 11.8 Å². The first kappa shape index (κ1) is 19.8. The van der Waals surface area contributed by atoms with Crippen molar-refractivity contribution in [2.75, 3.05) is 57.7 Å². The van der Waals surface area contributed by atoms with Gasteiger partial charge in [-0.15, -0.1) is 0 Å². The Morgan fingerprint density at radius 1 is 1.11 bits per heavy atom. The topological polar surface area (TPSA) is 58.3 Å². The van der Waals surface area contributed by atoms with Crippen LogP contribution in [0.1, 0.15) is 19.8 Å².